The van der Waals surface area contributed by atoms with Gasteiger partial charge in [0.25, 0.3) is 0 Å². The summed E-state index contributed by atoms with van der Waals surface area (Å²) in [6, 6.07) is 36.9. The monoisotopic (exact) mass is 604 g/mol. The number of carbonyl (C=O) groups is 1. The van der Waals surface area contributed by atoms with E-state index in [4.69, 9.17) is 9.47 Å². The van der Waals surface area contributed by atoms with Crippen molar-refractivity contribution in [3.63, 3.8) is 0 Å². The summed E-state index contributed by atoms with van der Waals surface area (Å²) in [4.78, 5) is 12.7. The van der Waals surface area contributed by atoms with Gasteiger partial charge in [-0.25, -0.2) is 0 Å². The highest BCUT2D eigenvalue weighted by atomic mass is 16.5. The van der Waals surface area contributed by atoms with E-state index in [-0.39, 0.29) is 11.3 Å². The molecule has 1 unspecified atom stereocenters. The molecule has 0 saturated carbocycles. The van der Waals surface area contributed by atoms with Crippen LogP contribution >= 0.6 is 0 Å². The molecule has 1 amide bonds. The Hall–Kier alpha value is -4.09. The van der Waals surface area contributed by atoms with Crippen molar-refractivity contribution in [2.45, 2.75) is 69.2 Å². The SMILES string of the molecule is COc1ccc(CCC(=O)NCCCC(CCCNC2CCc3cc(OC)ccc3C2)(c2ccccc2)c2ccccc2)cc1. The number of ether oxygens (including phenoxy) is 2. The highest BCUT2D eigenvalue weighted by Gasteiger charge is 2.33. The Labute approximate surface area is 269 Å². The van der Waals surface area contributed by atoms with Gasteiger partial charge in [-0.2, -0.15) is 0 Å². The largest absolute Gasteiger partial charge is 0.497 e. The molecule has 0 bridgehead atoms. The van der Waals surface area contributed by atoms with Crippen molar-refractivity contribution in [2.75, 3.05) is 27.3 Å². The maximum absolute atomic E-state index is 12.7. The number of rotatable bonds is 16. The third-order valence-corrected chi connectivity index (χ3v) is 9.41. The van der Waals surface area contributed by atoms with Crippen molar-refractivity contribution in [2.24, 2.45) is 0 Å². The Morgan fingerprint density at radius 1 is 0.756 bits per heavy atom. The molecule has 0 spiro atoms. The van der Waals surface area contributed by atoms with Gasteiger partial charge in [0, 0.05) is 24.4 Å². The molecule has 5 nitrogen and oxygen atoms in total. The Balaban J connectivity index is 1.19. The Morgan fingerprint density at radius 3 is 2.02 bits per heavy atom. The average Bonchev–Trinajstić information content (AvgIpc) is 3.10. The van der Waals surface area contributed by atoms with Gasteiger partial charge in [0.1, 0.15) is 11.5 Å². The summed E-state index contributed by atoms with van der Waals surface area (Å²) < 4.78 is 10.7. The molecule has 0 aliphatic heterocycles. The molecule has 2 N–H and O–H groups in total. The lowest BCUT2D eigenvalue weighted by atomic mass is 9.68. The molecule has 1 aliphatic carbocycles. The second-order valence-corrected chi connectivity index (χ2v) is 12.2. The summed E-state index contributed by atoms with van der Waals surface area (Å²) in [6.07, 6.45) is 8.52. The summed E-state index contributed by atoms with van der Waals surface area (Å²) in [5, 5.41) is 7.08. The summed E-state index contributed by atoms with van der Waals surface area (Å²) in [6.45, 7) is 1.66. The standard InChI is InChI=1S/C40H48N2O3/c1-44-37-21-15-31(16-22-37)17-24-39(43)42-28-10-26-40(34-11-5-3-6-12-34,35-13-7-4-8-14-35)25-9-27-41-36-20-18-33-30-38(45-2)23-19-32(33)29-36/h3-8,11-16,19,21-23,30,36,41H,9-10,17-18,20,24-29H2,1-2H3,(H,42,43). The smallest absolute Gasteiger partial charge is 0.220 e. The lowest BCUT2D eigenvalue weighted by Gasteiger charge is -2.36. The first kappa shape index (κ1) is 32.3. The third-order valence-electron chi connectivity index (χ3n) is 9.41. The second kappa shape index (κ2) is 16.3. The van der Waals surface area contributed by atoms with E-state index < -0.39 is 0 Å². The molecule has 236 valence electrons. The van der Waals surface area contributed by atoms with Gasteiger partial charge in [-0.05, 0) is 110 Å². The molecule has 5 heteroatoms. The number of hydrogen-bond acceptors (Lipinski definition) is 4. The minimum atomic E-state index is -0.117. The maximum Gasteiger partial charge on any atom is 0.220 e. The minimum absolute atomic E-state index is 0.104. The molecule has 0 fully saturated rings. The fourth-order valence-electron chi connectivity index (χ4n) is 6.87. The Kier molecular flexibility index (Phi) is 11.7. The highest BCUT2D eigenvalue weighted by Crippen LogP contribution is 2.41. The van der Waals surface area contributed by atoms with E-state index in [9.17, 15) is 4.79 Å². The van der Waals surface area contributed by atoms with Gasteiger partial charge in [0.15, 0.2) is 0 Å². The summed E-state index contributed by atoms with van der Waals surface area (Å²) in [5.41, 5.74) is 6.59. The molecular weight excluding hydrogens is 556 g/mol. The van der Waals surface area contributed by atoms with E-state index in [1.54, 1.807) is 14.2 Å². The fourth-order valence-corrected chi connectivity index (χ4v) is 6.87. The van der Waals surface area contributed by atoms with E-state index in [0.717, 1.165) is 75.0 Å². The van der Waals surface area contributed by atoms with Crippen LogP contribution in [0.15, 0.2) is 103 Å². The van der Waals surface area contributed by atoms with E-state index >= 15 is 0 Å². The van der Waals surface area contributed by atoms with Crippen LogP contribution in [0.4, 0.5) is 0 Å². The molecule has 0 saturated heterocycles. The molecule has 0 aromatic heterocycles. The lowest BCUT2D eigenvalue weighted by Crippen LogP contribution is -2.36. The zero-order valence-corrected chi connectivity index (χ0v) is 26.9. The van der Waals surface area contributed by atoms with E-state index in [0.29, 0.717) is 19.0 Å². The number of carbonyl (C=O) groups excluding carboxylic acids is 1. The average molecular weight is 605 g/mol. The zero-order valence-electron chi connectivity index (χ0n) is 26.9. The summed E-state index contributed by atoms with van der Waals surface area (Å²) in [5.74, 6) is 1.89. The van der Waals surface area contributed by atoms with Gasteiger partial charge in [0.05, 0.1) is 14.2 Å². The number of amides is 1. The predicted octanol–water partition coefficient (Wildman–Crippen LogP) is 7.45. The van der Waals surface area contributed by atoms with Crippen LogP contribution in [0.2, 0.25) is 0 Å². The zero-order chi connectivity index (χ0) is 31.3. The molecular formula is C40H48N2O3. The molecule has 1 atom stereocenters. The van der Waals surface area contributed by atoms with Crippen molar-refractivity contribution >= 4 is 5.91 Å². The first-order valence-electron chi connectivity index (χ1n) is 16.5. The first-order valence-corrected chi connectivity index (χ1v) is 16.5. The molecule has 0 radical (unpaired) electrons. The Bertz CT molecular complexity index is 1430. The van der Waals surface area contributed by atoms with Crippen LogP contribution in [-0.4, -0.2) is 39.3 Å². The predicted molar refractivity (Wildman–Crippen MR) is 183 cm³/mol. The molecule has 4 aromatic rings. The van der Waals surface area contributed by atoms with Crippen LogP contribution in [0.5, 0.6) is 11.5 Å². The van der Waals surface area contributed by atoms with Gasteiger partial charge in [-0.3, -0.25) is 4.79 Å². The van der Waals surface area contributed by atoms with Gasteiger partial charge in [-0.15, -0.1) is 0 Å². The quantitative estimate of drug-likeness (QED) is 0.131. The van der Waals surface area contributed by atoms with Crippen LogP contribution in [-0.2, 0) is 29.5 Å². The fraction of sp³-hybridized carbons (Fsp3) is 0.375. The van der Waals surface area contributed by atoms with E-state index in [2.05, 4.69) is 89.5 Å². The molecule has 1 aliphatic rings. The van der Waals surface area contributed by atoms with Crippen LogP contribution in [0.1, 0.15) is 66.3 Å². The molecule has 4 aromatic carbocycles. The topological polar surface area (TPSA) is 59.6 Å². The van der Waals surface area contributed by atoms with Crippen molar-refractivity contribution in [1.82, 2.24) is 10.6 Å². The van der Waals surface area contributed by atoms with Gasteiger partial charge in [-0.1, -0.05) is 78.9 Å². The lowest BCUT2D eigenvalue weighted by molar-refractivity contribution is -0.121. The highest BCUT2D eigenvalue weighted by molar-refractivity contribution is 5.76. The summed E-state index contributed by atoms with van der Waals surface area (Å²) in [7, 11) is 3.40. The van der Waals surface area contributed by atoms with Crippen molar-refractivity contribution in [3.8, 4) is 11.5 Å². The number of aryl methyl sites for hydroxylation is 2. The first-order chi connectivity index (χ1) is 22.1. The number of hydrogen-bond donors (Lipinski definition) is 2. The number of nitrogens with one attached hydrogen (secondary N) is 2. The second-order valence-electron chi connectivity index (χ2n) is 12.2. The normalized spacial score (nSPS) is 14.4. The number of methoxy groups -OCH3 is 2. The van der Waals surface area contributed by atoms with Crippen LogP contribution in [0.3, 0.4) is 0 Å². The number of benzene rings is 4. The third kappa shape index (κ3) is 8.76. The molecule has 0 heterocycles. The van der Waals surface area contributed by atoms with E-state index in [1.807, 2.05) is 24.3 Å². The van der Waals surface area contributed by atoms with Crippen molar-refractivity contribution in [1.29, 1.82) is 0 Å². The summed E-state index contributed by atoms with van der Waals surface area (Å²) >= 11 is 0. The van der Waals surface area contributed by atoms with Gasteiger partial charge < -0.3 is 20.1 Å². The van der Waals surface area contributed by atoms with Gasteiger partial charge >= 0.3 is 0 Å². The maximum atomic E-state index is 12.7. The van der Waals surface area contributed by atoms with Crippen LogP contribution in [0, 0.1) is 0 Å². The number of fused-ring (bicyclic) bond motifs is 1. The van der Waals surface area contributed by atoms with Crippen molar-refractivity contribution in [3.05, 3.63) is 131 Å². The molecule has 45 heavy (non-hydrogen) atoms. The van der Waals surface area contributed by atoms with Gasteiger partial charge in [0.2, 0.25) is 5.91 Å². The van der Waals surface area contributed by atoms with E-state index in [1.165, 1.54) is 22.3 Å². The minimum Gasteiger partial charge on any atom is -0.497 e. The van der Waals surface area contributed by atoms with Crippen LogP contribution in [0.25, 0.3) is 0 Å². The van der Waals surface area contributed by atoms with Crippen molar-refractivity contribution < 1.29 is 14.3 Å². The Morgan fingerprint density at radius 2 is 1.38 bits per heavy atom. The van der Waals surface area contributed by atoms with Crippen LogP contribution < -0.4 is 20.1 Å². The molecule has 5 rings (SSSR count).